The summed E-state index contributed by atoms with van der Waals surface area (Å²) < 4.78 is 0. The summed E-state index contributed by atoms with van der Waals surface area (Å²) >= 11 is 0. The second kappa shape index (κ2) is 8.59. The van der Waals surface area contributed by atoms with Crippen LogP contribution in [-0.4, -0.2) is 53.4 Å². The first kappa shape index (κ1) is 18.2. The van der Waals surface area contributed by atoms with E-state index in [1.165, 1.54) is 32.1 Å². The Balaban J connectivity index is 2.37. The lowest BCUT2D eigenvalue weighted by Gasteiger charge is -2.35. The van der Waals surface area contributed by atoms with Crippen LogP contribution in [0.1, 0.15) is 59.8 Å². The van der Waals surface area contributed by atoms with Crippen LogP contribution < -0.4 is 10.6 Å². The first-order chi connectivity index (χ1) is 9.78. The van der Waals surface area contributed by atoms with Crippen LogP contribution in [-0.2, 0) is 0 Å². The van der Waals surface area contributed by atoms with E-state index in [9.17, 15) is 9.90 Å². The van der Waals surface area contributed by atoms with E-state index in [2.05, 4.69) is 15.5 Å². The fourth-order valence-electron chi connectivity index (χ4n) is 2.91. The Kier molecular flexibility index (Phi) is 7.46. The summed E-state index contributed by atoms with van der Waals surface area (Å²) in [5.41, 5.74) is -0.216. The quantitative estimate of drug-likeness (QED) is 0.704. The topological polar surface area (TPSA) is 64.6 Å². The molecule has 1 unspecified atom stereocenters. The van der Waals surface area contributed by atoms with E-state index in [0.29, 0.717) is 19.1 Å². The van der Waals surface area contributed by atoms with Gasteiger partial charge in [0.25, 0.3) is 0 Å². The predicted octanol–water partition coefficient (Wildman–Crippen LogP) is 2.10. The Labute approximate surface area is 129 Å². The zero-order valence-electron chi connectivity index (χ0n) is 14.1. The number of amides is 2. The van der Waals surface area contributed by atoms with Crippen molar-refractivity contribution in [1.29, 1.82) is 0 Å². The van der Waals surface area contributed by atoms with Crippen molar-refractivity contribution in [2.45, 2.75) is 77.5 Å². The van der Waals surface area contributed by atoms with Gasteiger partial charge in [-0.05, 0) is 40.5 Å². The van der Waals surface area contributed by atoms with Crippen molar-refractivity contribution < 1.29 is 9.90 Å². The Morgan fingerprint density at radius 1 is 1.29 bits per heavy atom. The highest BCUT2D eigenvalue weighted by atomic mass is 16.3. The Hall–Kier alpha value is -0.810. The van der Waals surface area contributed by atoms with Gasteiger partial charge < -0.3 is 15.7 Å². The minimum Gasteiger partial charge on any atom is -0.392 e. The van der Waals surface area contributed by atoms with E-state index in [0.717, 1.165) is 6.54 Å². The van der Waals surface area contributed by atoms with Gasteiger partial charge in [-0.1, -0.05) is 19.3 Å². The van der Waals surface area contributed by atoms with Crippen molar-refractivity contribution >= 4 is 6.03 Å². The largest absolute Gasteiger partial charge is 0.392 e. The molecule has 0 saturated heterocycles. The highest BCUT2D eigenvalue weighted by Gasteiger charge is 2.22. The van der Waals surface area contributed by atoms with Gasteiger partial charge in [0, 0.05) is 31.2 Å². The number of aliphatic hydroxyl groups is 1. The highest BCUT2D eigenvalue weighted by Crippen LogP contribution is 2.22. The molecule has 5 heteroatoms. The van der Waals surface area contributed by atoms with Gasteiger partial charge in [-0.3, -0.25) is 4.90 Å². The molecule has 0 radical (unpaired) electrons. The maximum Gasteiger partial charge on any atom is 0.315 e. The molecule has 1 fully saturated rings. The molecule has 5 nitrogen and oxygen atoms in total. The van der Waals surface area contributed by atoms with Crippen LogP contribution in [0.25, 0.3) is 0 Å². The molecule has 1 atom stereocenters. The van der Waals surface area contributed by atoms with Gasteiger partial charge in [0.15, 0.2) is 0 Å². The standard InChI is InChI=1S/C16H33N3O2/c1-13(20)12-19(14-8-6-5-7-9-14)11-10-17-15(21)18-16(2,3)4/h13-14,20H,5-12H2,1-4H3,(H2,17,18,21). The minimum absolute atomic E-state index is 0.122. The molecule has 2 amide bonds. The summed E-state index contributed by atoms with van der Waals surface area (Å²) in [6, 6.07) is 0.434. The maximum atomic E-state index is 11.7. The third kappa shape index (κ3) is 8.27. The van der Waals surface area contributed by atoms with Crippen molar-refractivity contribution in [3.63, 3.8) is 0 Å². The normalized spacial score (nSPS) is 18.6. The van der Waals surface area contributed by atoms with Gasteiger partial charge in [0.05, 0.1) is 6.10 Å². The monoisotopic (exact) mass is 299 g/mol. The van der Waals surface area contributed by atoms with Crippen molar-refractivity contribution in [2.24, 2.45) is 0 Å². The molecule has 124 valence electrons. The zero-order valence-corrected chi connectivity index (χ0v) is 14.1. The fraction of sp³-hybridized carbons (Fsp3) is 0.938. The SMILES string of the molecule is CC(O)CN(CCNC(=O)NC(C)(C)C)C1CCCCC1. The van der Waals surface area contributed by atoms with Crippen LogP contribution in [0.4, 0.5) is 4.79 Å². The van der Waals surface area contributed by atoms with E-state index in [1.54, 1.807) is 0 Å². The number of nitrogens with zero attached hydrogens (tertiary/aromatic N) is 1. The van der Waals surface area contributed by atoms with Gasteiger partial charge in [-0.15, -0.1) is 0 Å². The number of nitrogens with one attached hydrogen (secondary N) is 2. The average Bonchev–Trinajstić information content (AvgIpc) is 2.36. The molecule has 1 aliphatic carbocycles. The molecule has 0 bridgehead atoms. The number of urea groups is 1. The van der Waals surface area contributed by atoms with E-state index in [4.69, 9.17) is 0 Å². The van der Waals surface area contributed by atoms with Gasteiger partial charge in [0.1, 0.15) is 0 Å². The van der Waals surface area contributed by atoms with E-state index < -0.39 is 0 Å². The van der Waals surface area contributed by atoms with Crippen molar-refractivity contribution in [2.75, 3.05) is 19.6 Å². The Bertz CT molecular complexity index is 307. The summed E-state index contributed by atoms with van der Waals surface area (Å²) in [4.78, 5) is 14.1. The van der Waals surface area contributed by atoms with Gasteiger partial charge in [0.2, 0.25) is 0 Å². The molecule has 21 heavy (non-hydrogen) atoms. The smallest absolute Gasteiger partial charge is 0.315 e. The number of aliphatic hydroxyl groups excluding tert-OH is 1. The lowest BCUT2D eigenvalue weighted by atomic mass is 9.94. The van der Waals surface area contributed by atoms with Crippen molar-refractivity contribution in [3.8, 4) is 0 Å². The van der Waals surface area contributed by atoms with Crippen LogP contribution in [0.3, 0.4) is 0 Å². The first-order valence-corrected chi connectivity index (χ1v) is 8.26. The molecule has 0 aliphatic heterocycles. The van der Waals surface area contributed by atoms with Crippen LogP contribution in [0.15, 0.2) is 0 Å². The van der Waals surface area contributed by atoms with Crippen molar-refractivity contribution in [1.82, 2.24) is 15.5 Å². The summed E-state index contributed by atoms with van der Waals surface area (Å²) in [6.45, 7) is 9.83. The number of rotatable bonds is 6. The predicted molar refractivity (Wildman–Crippen MR) is 86.4 cm³/mol. The molecular formula is C16H33N3O2. The van der Waals surface area contributed by atoms with Crippen LogP contribution in [0, 0.1) is 0 Å². The lowest BCUT2D eigenvalue weighted by Crippen LogP contribution is -2.49. The zero-order chi connectivity index (χ0) is 15.9. The minimum atomic E-state index is -0.324. The highest BCUT2D eigenvalue weighted by molar-refractivity contribution is 5.74. The second-order valence-corrected chi connectivity index (χ2v) is 7.27. The molecule has 0 heterocycles. The van der Waals surface area contributed by atoms with Crippen molar-refractivity contribution in [3.05, 3.63) is 0 Å². The van der Waals surface area contributed by atoms with Gasteiger partial charge in [-0.25, -0.2) is 4.79 Å². The molecule has 1 aliphatic rings. The van der Waals surface area contributed by atoms with E-state index in [1.807, 2.05) is 27.7 Å². The lowest BCUT2D eigenvalue weighted by molar-refractivity contribution is 0.0835. The van der Waals surface area contributed by atoms with Crippen LogP contribution in [0.2, 0.25) is 0 Å². The average molecular weight is 299 g/mol. The molecule has 0 aromatic carbocycles. The third-order valence-electron chi connectivity index (χ3n) is 3.76. The molecule has 0 aromatic rings. The summed E-state index contributed by atoms with van der Waals surface area (Å²) in [7, 11) is 0. The molecule has 0 aromatic heterocycles. The molecule has 0 spiro atoms. The third-order valence-corrected chi connectivity index (χ3v) is 3.76. The Morgan fingerprint density at radius 2 is 1.90 bits per heavy atom. The summed E-state index contributed by atoms with van der Waals surface area (Å²) in [5.74, 6) is 0. The number of hydrogen-bond acceptors (Lipinski definition) is 3. The first-order valence-electron chi connectivity index (χ1n) is 8.26. The van der Waals surface area contributed by atoms with Crippen LogP contribution >= 0.6 is 0 Å². The fourth-order valence-corrected chi connectivity index (χ4v) is 2.91. The summed E-state index contributed by atoms with van der Waals surface area (Å²) in [5, 5.41) is 15.5. The number of carbonyl (C=O) groups excluding carboxylic acids is 1. The van der Waals surface area contributed by atoms with E-state index >= 15 is 0 Å². The number of carbonyl (C=O) groups is 1. The number of hydrogen-bond donors (Lipinski definition) is 3. The molecule has 1 rings (SSSR count). The summed E-state index contributed by atoms with van der Waals surface area (Å²) in [6.07, 6.45) is 5.97. The van der Waals surface area contributed by atoms with Gasteiger partial charge in [-0.2, -0.15) is 0 Å². The molecule has 3 N–H and O–H groups in total. The Morgan fingerprint density at radius 3 is 2.43 bits per heavy atom. The molecule has 1 saturated carbocycles. The molecular weight excluding hydrogens is 266 g/mol. The second-order valence-electron chi connectivity index (χ2n) is 7.27. The van der Waals surface area contributed by atoms with E-state index in [-0.39, 0.29) is 17.7 Å². The van der Waals surface area contributed by atoms with Gasteiger partial charge >= 0.3 is 6.03 Å². The van der Waals surface area contributed by atoms with Crippen LogP contribution in [0.5, 0.6) is 0 Å². The maximum absolute atomic E-state index is 11.7.